The van der Waals surface area contributed by atoms with E-state index in [9.17, 15) is 14.4 Å². The summed E-state index contributed by atoms with van der Waals surface area (Å²) in [5, 5.41) is 5.28. The van der Waals surface area contributed by atoms with Crippen molar-refractivity contribution >= 4 is 35.2 Å². The molecular weight excluding hydrogens is 510 g/mol. The van der Waals surface area contributed by atoms with E-state index in [1.807, 2.05) is 18.3 Å². The van der Waals surface area contributed by atoms with E-state index in [1.165, 1.54) is 6.20 Å². The zero-order chi connectivity index (χ0) is 29.0. The van der Waals surface area contributed by atoms with Crippen molar-refractivity contribution in [2.24, 2.45) is 5.92 Å². The van der Waals surface area contributed by atoms with Crippen LogP contribution in [0.5, 0.6) is 0 Å². The Bertz CT molecular complexity index is 1220. The molecule has 216 valence electrons. The minimum absolute atomic E-state index is 0.219. The molecule has 0 aliphatic carbocycles. The van der Waals surface area contributed by atoms with Gasteiger partial charge in [-0.05, 0) is 76.8 Å². The van der Waals surface area contributed by atoms with Crippen LogP contribution in [0.3, 0.4) is 0 Å². The fraction of sp³-hybridized carbons (Fsp3) is 0.552. The number of likely N-dealkylation sites (tertiary alicyclic amines) is 1. The molecule has 4 heterocycles. The van der Waals surface area contributed by atoms with Crippen LogP contribution >= 0.6 is 0 Å². The summed E-state index contributed by atoms with van der Waals surface area (Å²) in [4.78, 5) is 53.7. The lowest BCUT2D eigenvalue weighted by Gasteiger charge is -2.38. The summed E-state index contributed by atoms with van der Waals surface area (Å²) >= 11 is 0. The molecule has 11 nitrogen and oxygen atoms in total. The van der Waals surface area contributed by atoms with Crippen molar-refractivity contribution in [2.75, 3.05) is 55.3 Å². The van der Waals surface area contributed by atoms with Gasteiger partial charge in [-0.1, -0.05) is 13.0 Å². The van der Waals surface area contributed by atoms with E-state index in [2.05, 4.69) is 39.4 Å². The van der Waals surface area contributed by atoms with Gasteiger partial charge in [0.05, 0.1) is 17.9 Å². The molecule has 2 aliphatic rings. The van der Waals surface area contributed by atoms with Crippen molar-refractivity contribution in [3.05, 3.63) is 41.7 Å². The number of carbonyl (C=O) groups excluding carboxylic acids is 3. The smallest absolute Gasteiger partial charge is 0.413 e. The van der Waals surface area contributed by atoms with Crippen molar-refractivity contribution in [1.82, 2.24) is 19.8 Å². The standard InChI is InChI=1S/C29H41N7O4/c1-19-7-9-23(21-8-10-24(30-16-21)35-13-11-34(6)12-14-35)36(18-19)27(38)26(37)32-22-15-20(2)25(31-17-22)33-28(39)40-29(3,4)5/h8,10,15-17,19,23H,7,9,11-14,18H2,1-6H3,(H,32,37)(H,31,33,39). The number of piperazine rings is 1. The van der Waals surface area contributed by atoms with E-state index >= 15 is 0 Å². The molecule has 3 amide bonds. The first-order valence-electron chi connectivity index (χ1n) is 13.9. The van der Waals surface area contributed by atoms with Crippen LogP contribution in [-0.2, 0) is 14.3 Å². The number of rotatable bonds is 4. The second kappa shape index (κ2) is 12.2. The van der Waals surface area contributed by atoms with Gasteiger partial charge in [0.1, 0.15) is 17.2 Å². The summed E-state index contributed by atoms with van der Waals surface area (Å²) < 4.78 is 5.27. The first kappa shape index (κ1) is 29.3. The predicted octanol–water partition coefficient (Wildman–Crippen LogP) is 3.82. The van der Waals surface area contributed by atoms with E-state index in [4.69, 9.17) is 9.72 Å². The fourth-order valence-electron chi connectivity index (χ4n) is 5.03. The minimum atomic E-state index is -0.727. The molecule has 2 unspecified atom stereocenters. The zero-order valence-corrected chi connectivity index (χ0v) is 24.4. The quantitative estimate of drug-likeness (QED) is 0.551. The van der Waals surface area contributed by atoms with Crippen LogP contribution in [0.25, 0.3) is 0 Å². The van der Waals surface area contributed by atoms with Crippen LogP contribution in [0, 0.1) is 12.8 Å². The van der Waals surface area contributed by atoms with Gasteiger partial charge >= 0.3 is 17.9 Å². The molecule has 2 N–H and O–H groups in total. The number of aryl methyl sites for hydroxylation is 1. The van der Waals surface area contributed by atoms with Gasteiger partial charge in [-0.15, -0.1) is 0 Å². The lowest BCUT2D eigenvalue weighted by Crippen LogP contribution is -2.46. The third kappa shape index (κ3) is 7.47. The number of pyridine rings is 2. The number of aromatic nitrogens is 2. The summed E-state index contributed by atoms with van der Waals surface area (Å²) in [6, 6.07) is 5.48. The summed E-state index contributed by atoms with van der Waals surface area (Å²) in [5.74, 6) is 0.219. The Morgan fingerprint density at radius 1 is 1.00 bits per heavy atom. The molecule has 0 spiro atoms. The number of ether oxygens (including phenoxy) is 1. The van der Waals surface area contributed by atoms with Crippen molar-refractivity contribution in [2.45, 2.75) is 59.1 Å². The van der Waals surface area contributed by atoms with Gasteiger partial charge < -0.3 is 24.8 Å². The Kier molecular flexibility index (Phi) is 8.92. The predicted molar refractivity (Wildman–Crippen MR) is 154 cm³/mol. The van der Waals surface area contributed by atoms with E-state index in [0.717, 1.165) is 50.4 Å². The lowest BCUT2D eigenvalue weighted by molar-refractivity contribution is -0.146. The summed E-state index contributed by atoms with van der Waals surface area (Å²) in [6.45, 7) is 13.5. The van der Waals surface area contributed by atoms with Gasteiger partial charge in [0.2, 0.25) is 0 Å². The Morgan fingerprint density at radius 3 is 2.35 bits per heavy atom. The Labute approximate surface area is 236 Å². The van der Waals surface area contributed by atoms with Gasteiger partial charge in [0.15, 0.2) is 0 Å². The number of carbonyl (C=O) groups is 3. The average molecular weight is 552 g/mol. The van der Waals surface area contributed by atoms with Crippen molar-refractivity contribution < 1.29 is 19.1 Å². The number of likely N-dealkylation sites (N-methyl/N-ethyl adjacent to an activating group) is 1. The van der Waals surface area contributed by atoms with Crippen molar-refractivity contribution in [1.29, 1.82) is 0 Å². The first-order chi connectivity index (χ1) is 18.9. The zero-order valence-electron chi connectivity index (χ0n) is 24.4. The first-order valence-corrected chi connectivity index (χ1v) is 13.9. The van der Waals surface area contributed by atoms with Gasteiger partial charge in [-0.25, -0.2) is 14.8 Å². The minimum Gasteiger partial charge on any atom is -0.444 e. The maximum atomic E-state index is 13.4. The summed E-state index contributed by atoms with van der Waals surface area (Å²) in [5.41, 5.74) is 1.28. The third-order valence-corrected chi connectivity index (χ3v) is 7.21. The Balaban J connectivity index is 1.42. The van der Waals surface area contributed by atoms with Crippen LogP contribution in [0.1, 0.15) is 57.7 Å². The SMILES string of the molecule is Cc1cc(NC(=O)C(=O)N2CC(C)CCC2c2ccc(N3CCN(C)CC3)nc2)cnc1NC(=O)OC(C)(C)C. The Morgan fingerprint density at radius 2 is 1.73 bits per heavy atom. The molecule has 0 saturated carbocycles. The highest BCUT2D eigenvalue weighted by molar-refractivity contribution is 6.39. The largest absolute Gasteiger partial charge is 0.444 e. The monoisotopic (exact) mass is 551 g/mol. The maximum absolute atomic E-state index is 13.4. The second-order valence-corrected chi connectivity index (χ2v) is 11.9. The van der Waals surface area contributed by atoms with Gasteiger partial charge in [0, 0.05) is 38.9 Å². The summed E-state index contributed by atoms with van der Waals surface area (Å²) in [6.07, 6.45) is 4.36. The molecule has 0 radical (unpaired) electrons. The van der Waals surface area contributed by atoms with E-state index in [-0.39, 0.29) is 12.0 Å². The molecule has 11 heteroatoms. The normalized spacial score (nSPS) is 20.1. The third-order valence-electron chi connectivity index (χ3n) is 7.21. The van der Waals surface area contributed by atoms with Crippen LogP contribution < -0.4 is 15.5 Å². The number of hydrogen-bond acceptors (Lipinski definition) is 8. The number of anilines is 3. The van der Waals surface area contributed by atoms with E-state index < -0.39 is 23.5 Å². The molecule has 4 rings (SSSR count). The number of nitrogens with one attached hydrogen (secondary N) is 2. The van der Waals surface area contributed by atoms with Crippen molar-refractivity contribution in [3.8, 4) is 0 Å². The number of piperidine rings is 1. The highest BCUT2D eigenvalue weighted by Gasteiger charge is 2.34. The molecule has 2 atom stereocenters. The van der Waals surface area contributed by atoms with E-state index in [1.54, 1.807) is 38.7 Å². The highest BCUT2D eigenvalue weighted by Crippen LogP contribution is 2.34. The van der Waals surface area contributed by atoms with Crippen LogP contribution in [0.2, 0.25) is 0 Å². The highest BCUT2D eigenvalue weighted by atomic mass is 16.6. The molecule has 2 aliphatic heterocycles. The molecule has 0 aromatic carbocycles. The molecule has 2 aromatic rings. The van der Waals surface area contributed by atoms with Crippen molar-refractivity contribution in [3.63, 3.8) is 0 Å². The van der Waals surface area contributed by atoms with Crippen LogP contribution in [-0.4, -0.2) is 83.0 Å². The van der Waals surface area contributed by atoms with E-state index in [0.29, 0.717) is 23.6 Å². The molecular formula is C29H41N7O4. The fourth-order valence-corrected chi connectivity index (χ4v) is 5.03. The number of amides is 3. The summed E-state index contributed by atoms with van der Waals surface area (Å²) in [7, 11) is 2.12. The van der Waals surface area contributed by atoms with Crippen LogP contribution in [0.4, 0.5) is 22.1 Å². The molecule has 2 aromatic heterocycles. The van der Waals surface area contributed by atoms with Gasteiger partial charge in [0.25, 0.3) is 0 Å². The van der Waals surface area contributed by atoms with Crippen LogP contribution in [0.15, 0.2) is 30.6 Å². The van der Waals surface area contributed by atoms with Gasteiger partial charge in [-0.3, -0.25) is 14.9 Å². The molecule has 0 bridgehead atoms. The number of hydrogen-bond donors (Lipinski definition) is 2. The molecule has 2 saturated heterocycles. The second-order valence-electron chi connectivity index (χ2n) is 11.9. The molecule has 40 heavy (non-hydrogen) atoms. The average Bonchev–Trinajstić information content (AvgIpc) is 2.89. The number of nitrogens with zero attached hydrogens (tertiary/aromatic N) is 5. The Hall–Kier alpha value is -3.73. The molecule has 2 fully saturated rings. The maximum Gasteiger partial charge on any atom is 0.413 e. The lowest BCUT2D eigenvalue weighted by atomic mass is 9.90. The topological polar surface area (TPSA) is 120 Å². The van der Waals surface area contributed by atoms with Gasteiger partial charge in [-0.2, -0.15) is 0 Å².